The Balaban J connectivity index is 1.25. The molecule has 0 saturated heterocycles. The molecule has 8 atom stereocenters. The van der Waals surface area contributed by atoms with Crippen molar-refractivity contribution in [2.24, 2.45) is 46.3 Å². The zero-order valence-corrected chi connectivity index (χ0v) is 24.4. The molecular formula is C34H50OS. The van der Waals surface area contributed by atoms with Gasteiger partial charge < -0.3 is 0 Å². The van der Waals surface area contributed by atoms with Crippen molar-refractivity contribution in [3.63, 3.8) is 0 Å². The Morgan fingerprint density at radius 2 is 1.75 bits per heavy atom. The highest BCUT2D eigenvalue weighted by Crippen LogP contribution is 2.67. The van der Waals surface area contributed by atoms with Crippen molar-refractivity contribution in [3.05, 3.63) is 47.5 Å². The van der Waals surface area contributed by atoms with Crippen molar-refractivity contribution in [2.75, 3.05) is 0 Å². The number of allylic oxidation sites excluding steroid dienone is 2. The normalized spacial score (nSPS) is 38.6. The van der Waals surface area contributed by atoms with E-state index in [2.05, 4.69) is 40.7 Å². The smallest absolute Gasteiger partial charge is 0.219 e. The fourth-order valence-electron chi connectivity index (χ4n) is 9.55. The van der Waals surface area contributed by atoms with Crippen LogP contribution in [0.5, 0.6) is 0 Å². The van der Waals surface area contributed by atoms with Crippen LogP contribution in [0, 0.1) is 46.3 Å². The Bertz CT molecular complexity index is 949. The number of thioether (sulfide) groups is 1. The van der Waals surface area contributed by atoms with E-state index in [0.717, 1.165) is 47.5 Å². The number of carbonyl (C=O) groups is 1. The van der Waals surface area contributed by atoms with Gasteiger partial charge in [-0.3, -0.25) is 4.79 Å². The fraction of sp³-hybridized carbons (Fsp3) is 0.735. The maximum Gasteiger partial charge on any atom is 0.219 e. The van der Waals surface area contributed by atoms with E-state index in [4.69, 9.17) is 0 Å². The van der Waals surface area contributed by atoms with Crippen molar-refractivity contribution in [1.82, 2.24) is 0 Å². The molecule has 0 heterocycles. The molecule has 0 N–H and O–H groups in total. The van der Waals surface area contributed by atoms with Crippen molar-refractivity contribution in [3.8, 4) is 0 Å². The number of carbonyl (C=O) groups excluding carboxylic acids is 1. The van der Waals surface area contributed by atoms with E-state index < -0.39 is 0 Å². The van der Waals surface area contributed by atoms with Crippen molar-refractivity contribution in [1.29, 1.82) is 0 Å². The molecule has 0 spiro atoms. The molecular weight excluding hydrogens is 456 g/mol. The molecule has 5 rings (SSSR count). The molecule has 0 amide bonds. The molecule has 2 heteroatoms. The number of rotatable bonds is 7. The number of hydrogen-bond donors (Lipinski definition) is 0. The van der Waals surface area contributed by atoms with Gasteiger partial charge in [0.15, 0.2) is 0 Å². The first-order valence-electron chi connectivity index (χ1n) is 15.2. The van der Waals surface area contributed by atoms with Gasteiger partial charge in [0.25, 0.3) is 0 Å². The first-order valence-corrected chi connectivity index (χ1v) is 16.1. The topological polar surface area (TPSA) is 17.1 Å². The van der Waals surface area contributed by atoms with E-state index in [0.29, 0.717) is 16.1 Å². The van der Waals surface area contributed by atoms with E-state index in [1.54, 1.807) is 17.3 Å². The molecule has 1 aromatic carbocycles. The van der Waals surface area contributed by atoms with Gasteiger partial charge in [0.05, 0.1) is 0 Å². The number of fused-ring (bicyclic) bond motifs is 5. The predicted octanol–water partition coefficient (Wildman–Crippen LogP) is 9.97. The molecule has 4 aliphatic carbocycles. The van der Waals surface area contributed by atoms with Crippen molar-refractivity contribution < 1.29 is 4.79 Å². The maximum atomic E-state index is 12.9. The molecule has 1 aromatic rings. The third-order valence-corrected chi connectivity index (χ3v) is 12.7. The average Bonchev–Trinajstić information content (AvgIpc) is 3.22. The lowest BCUT2D eigenvalue weighted by atomic mass is 9.47. The van der Waals surface area contributed by atoms with Crippen LogP contribution in [0.4, 0.5) is 0 Å². The van der Waals surface area contributed by atoms with E-state index in [9.17, 15) is 4.79 Å². The van der Waals surface area contributed by atoms with Gasteiger partial charge >= 0.3 is 0 Å². The third kappa shape index (κ3) is 4.90. The lowest BCUT2D eigenvalue weighted by Gasteiger charge is -2.58. The molecule has 0 aliphatic heterocycles. The largest absolute Gasteiger partial charge is 0.282 e. The van der Waals surface area contributed by atoms with Crippen LogP contribution in [-0.2, 0) is 0 Å². The average molecular weight is 507 g/mol. The Labute approximate surface area is 225 Å². The molecule has 0 radical (unpaired) electrons. The first kappa shape index (κ1) is 26.6. The maximum absolute atomic E-state index is 12.9. The van der Waals surface area contributed by atoms with Gasteiger partial charge in [-0.2, -0.15) is 0 Å². The van der Waals surface area contributed by atoms with E-state index in [1.807, 2.05) is 30.3 Å². The summed E-state index contributed by atoms with van der Waals surface area (Å²) in [5.41, 5.74) is 3.50. The molecule has 0 aromatic heterocycles. The summed E-state index contributed by atoms with van der Waals surface area (Å²) in [5.74, 6) is 5.34. The fourth-order valence-corrected chi connectivity index (χ4v) is 10.6. The second-order valence-electron chi connectivity index (χ2n) is 13.9. The molecule has 3 saturated carbocycles. The van der Waals surface area contributed by atoms with Crippen molar-refractivity contribution >= 4 is 16.9 Å². The standard InChI is InChI=1S/C34H50OS/c1-23(2)10-9-11-24(3)29-16-17-30-28-15-14-26-22-27(36-32(35)25-12-7-6-8-13-25)18-20-33(26,4)31(28)19-21-34(29,30)5/h6-8,12-14,23-24,27-31H,9-11,15-22H2,1-5H3/t24-,27+,28-,29+,30-,31-,33+,34-/m1/s1. The van der Waals surface area contributed by atoms with E-state index >= 15 is 0 Å². The lowest BCUT2D eigenvalue weighted by molar-refractivity contribution is -0.0497. The Kier molecular flexibility index (Phi) is 7.85. The molecule has 3 fully saturated rings. The van der Waals surface area contributed by atoms with Gasteiger partial charge in [-0.05, 0) is 97.7 Å². The minimum absolute atomic E-state index is 0.256. The molecule has 0 bridgehead atoms. The third-order valence-electron chi connectivity index (χ3n) is 11.5. The van der Waals surface area contributed by atoms with E-state index in [1.165, 1.54) is 64.2 Å². The Hall–Kier alpha value is -1.02. The molecule has 0 unspecified atom stereocenters. The summed E-state index contributed by atoms with van der Waals surface area (Å²) < 4.78 is 0. The summed E-state index contributed by atoms with van der Waals surface area (Å²) in [6.07, 6.45) is 17.6. The molecule has 1 nitrogen and oxygen atoms in total. The summed E-state index contributed by atoms with van der Waals surface area (Å²) in [4.78, 5) is 12.9. The van der Waals surface area contributed by atoms with Crippen LogP contribution < -0.4 is 0 Å². The second-order valence-corrected chi connectivity index (χ2v) is 15.2. The van der Waals surface area contributed by atoms with Crippen LogP contribution in [0.3, 0.4) is 0 Å². The van der Waals surface area contributed by atoms with E-state index in [-0.39, 0.29) is 5.12 Å². The minimum Gasteiger partial charge on any atom is -0.282 e. The lowest BCUT2D eigenvalue weighted by Crippen LogP contribution is -2.50. The Morgan fingerprint density at radius 1 is 0.972 bits per heavy atom. The van der Waals surface area contributed by atoms with Crippen LogP contribution in [0.25, 0.3) is 0 Å². The minimum atomic E-state index is 0.256. The van der Waals surface area contributed by atoms with Crippen LogP contribution in [-0.4, -0.2) is 10.4 Å². The molecule has 198 valence electrons. The summed E-state index contributed by atoms with van der Waals surface area (Å²) in [7, 11) is 0. The number of benzene rings is 1. The highest BCUT2D eigenvalue weighted by Gasteiger charge is 2.59. The summed E-state index contributed by atoms with van der Waals surface area (Å²) in [6, 6.07) is 9.88. The van der Waals surface area contributed by atoms with Gasteiger partial charge in [0.1, 0.15) is 0 Å². The second kappa shape index (κ2) is 10.6. The number of hydrogen-bond acceptors (Lipinski definition) is 2. The Morgan fingerprint density at radius 3 is 2.50 bits per heavy atom. The summed E-state index contributed by atoms with van der Waals surface area (Å²) in [5, 5.41) is 0.705. The van der Waals surface area contributed by atoms with Crippen LogP contribution >= 0.6 is 11.8 Å². The van der Waals surface area contributed by atoms with Crippen LogP contribution in [0.15, 0.2) is 42.0 Å². The molecule has 4 aliphatic rings. The van der Waals surface area contributed by atoms with Gasteiger partial charge in [0, 0.05) is 10.8 Å². The SMILES string of the molecule is CC(C)CCC[C@@H](C)[C@@H]1CC[C@@H]2[C@H]3CC=C4C[C@@H](SC(=O)c5ccccc5)CC[C@]4(C)[C@@H]3CC[C@@]21C. The van der Waals surface area contributed by atoms with Gasteiger partial charge in [-0.25, -0.2) is 0 Å². The quantitative estimate of drug-likeness (QED) is 0.342. The zero-order chi connectivity index (χ0) is 25.5. The highest BCUT2D eigenvalue weighted by atomic mass is 32.2. The summed E-state index contributed by atoms with van der Waals surface area (Å²) >= 11 is 1.60. The summed E-state index contributed by atoms with van der Waals surface area (Å²) in [6.45, 7) is 12.6. The highest BCUT2D eigenvalue weighted by molar-refractivity contribution is 8.14. The van der Waals surface area contributed by atoms with Crippen LogP contribution in [0.2, 0.25) is 0 Å². The van der Waals surface area contributed by atoms with Gasteiger partial charge in [-0.1, -0.05) is 108 Å². The molecule has 36 heavy (non-hydrogen) atoms. The first-order chi connectivity index (χ1) is 17.2. The van der Waals surface area contributed by atoms with Gasteiger partial charge in [0.2, 0.25) is 5.12 Å². The predicted molar refractivity (Wildman–Crippen MR) is 155 cm³/mol. The zero-order valence-electron chi connectivity index (χ0n) is 23.6. The van der Waals surface area contributed by atoms with Crippen molar-refractivity contribution in [2.45, 2.75) is 110 Å². The monoisotopic (exact) mass is 506 g/mol. The van der Waals surface area contributed by atoms with Crippen LogP contribution in [0.1, 0.15) is 116 Å². The van der Waals surface area contributed by atoms with Gasteiger partial charge in [-0.15, -0.1) is 0 Å².